The van der Waals surface area contributed by atoms with Crippen LogP contribution in [-0.4, -0.2) is 52.0 Å². The van der Waals surface area contributed by atoms with Gasteiger partial charge in [0.2, 0.25) is 0 Å². The lowest BCUT2D eigenvalue weighted by atomic mass is 9.94. The number of benzene rings is 2. The van der Waals surface area contributed by atoms with E-state index in [9.17, 15) is 14.7 Å². The Labute approximate surface area is 191 Å². The van der Waals surface area contributed by atoms with Gasteiger partial charge in [-0.05, 0) is 12.5 Å². The summed E-state index contributed by atoms with van der Waals surface area (Å²) in [4.78, 5) is 31.8. The fourth-order valence-corrected chi connectivity index (χ4v) is 4.16. The van der Waals surface area contributed by atoms with Gasteiger partial charge in [0, 0.05) is 36.6 Å². The molecule has 1 saturated heterocycles. The van der Waals surface area contributed by atoms with Crippen LogP contribution in [-0.2, 0) is 16.1 Å². The Hall–Kier alpha value is -4.07. The van der Waals surface area contributed by atoms with Gasteiger partial charge in [0.05, 0.1) is 32.2 Å². The summed E-state index contributed by atoms with van der Waals surface area (Å²) < 4.78 is 12.9. The van der Waals surface area contributed by atoms with E-state index < -0.39 is 17.7 Å². The molecule has 1 aromatic heterocycles. The summed E-state index contributed by atoms with van der Waals surface area (Å²) in [6.45, 7) is 0.934. The molecule has 1 unspecified atom stereocenters. The van der Waals surface area contributed by atoms with Crippen molar-refractivity contribution in [2.45, 2.75) is 19.0 Å². The number of carbonyl (C=O) groups is 2. The molecule has 33 heavy (non-hydrogen) atoms. The number of ether oxygens (including phenoxy) is 2. The summed E-state index contributed by atoms with van der Waals surface area (Å²) in [7, 11) is 3.03. The predicted octanol–water partition coefficient (Wildman–Crippen LogP) is 3.41. The molecule has 2 heterocycles. The number of aryl methyl sites for hydroxylation is 1. The summed E-state index contributed by atoms with van der Waals surface area (Å²) in [6.07, 6.45) is 5.82. The smallest absolute Gasteiger partial charge is 0.295 e. The third kappa shape index (κ3) is 4.19. The normalized spacial score (nSPS) is 17.4. The third-order valence-electron chi connectivity index (χ3n) is 5.69. The number of aliphatic hydroxyl groups excluding tert-OH is 1. The number of aromatic nitrogens is 2. The van der Waals surface area contributed by atoms with Crippen molar-refractivity contribution in [1.29, 1.82) is 0 Å². The highest BCUT2D eigenvalue weighted by Gasteiger charge is 2.47. The Kier molecular flexibility index (Phi) is 6.44. The molecule has 3 aromatic rings. The molecule has 0 bridgehead atoms. The molecule has 2 aromatic carbocycles. The molecule has 170 valence electrons. The minimum atomic E-state index is -0.821. The molecule has 0 radical (unpaired) electrons. The number of likely N-dealkylation sites (tertiary alicyclic amines) is 1. The number of aliphatic hydroxyl groups is 1. The standard InChI is InChI=1S/C25H25N3O5/c1-32-19-11-6-10-18(24(19)33-2)21-20(22(29)17-8-4-3-5-9-17)23(30)25(31)28(21)14-7-13-27-15-12-26-16-27/h3-6,8-12,15-16,21,29H,7,13-14H2,1-2H3/b22-20-. The van der Waals surface area contributed by atoms with Crippen LogP contribution >= 0.6 is 0 Å². The van der Waals surface area contributed by atoms with Crippen molar-refractivity contribution in [3.8, 4) is 11.5 Å². The van der Waals surface area contributed by atoms with Crippen LogP contribution in [0.1, 0.15) is 23.6 Å². The fourth-order valence-electron chi connectivity index (χ4n) is 4.16. The summed E-state index contributed by atoms with van der Waals surface area (Å²) in [5.74, 6) is -0.730. The SMILES string of the molecule is COc1cccc(C2/C(=C(/O)c3ccccc3)C(=O)C(=O)N2CCCn2ccnc2)c1OC. The van der Waals surface area contributed by atoms with Crippen LogP contribution in [0.15, 0.2) is 72.8 Å². The van der Waals surface area contributed by atoms with E-state index in [1.807, 2.05) is 16.8 Å². The number of nitrogens with zero attached hydrogens (tertiary/aromatic N) is 3. The lowest BCUT2D eigenvalue weighted by molar-refractivity contribution is -0.140. The molecule has 0 saturated carbocycles. The van der Waals surface area contributed by atoms with E-state index in [0.29, 0.717) is 42.1 Å². The zero-order valence-electron chi connectivity index (χ0n) is 18.5. The van der Waals surface area contributed by atoms with Crippen molar-refractivity contribution in [3.05, 3.63) is 84.0 Å². The number of hydrogen-bond donors (Lipinski definition) is 1. The molecule has 1 aliphatic heterocycles. The maximum atomic E-state index is 13.2. The Bertz CT molecular complexity index is 1170. The number of rotatable bonds is 8. The molecular weight excluding hydrogens is 422 g/mol. The van der Waals surface area contributed by atoms with Gasteiger partial charge in [0.25, 0.3) is 11.7 Å². The lowest BCUT2D eigenvalue weighted by Crippen LogP contribution is -2.31. The van der Waals surface area contributed by atoms with Gasteiger partial charge in [-0.15, -0.1) is 0 Å². The Balaban J connectivity index is 1.81. The van der Waals surface area contributed by atoms with Crippen molar-refractivity contribution in [1.82, 2.24) is 14.5 Å². The van der Waals surface area contributed by atoms with E-state index in [4.69, 9.17) is 9.47 Å². The van der Waals surface area contributed by atoms with Gasteiger partial charge in [-0.1, -0.05) is 42.5 Å². The summed E-state index contributed by atoms with van der Waals surface area (Å²) in [6, 6.07) is 13.2. The molecule has 1 atom stereocenters. The van der Waals surface area contributed by atoms with E-state index >= 15 is 0 Å². The number of carbonyl (C=O) groups excluding carboxylic acids is 2. The van der Waals surface area contributed by atoms with Crippen LogP contribution in [0.3, 0.4) is 0 Å². The second-order valence-electron chi connectivity index (χ2n) is 7.60. The van der Waals surface area contributed by atoms with Crippen molar-refractivity contribution < 1.29 is 24.2 Å². The summed E-state index contributed by atoms with van der Waals surface area (Å²) >= 11 is 0. The van der Waals surface area contributed by atoms with Crippen LogP contribution < -0.4 is 9.47 Å². The van der Waals surface area contributed by atoms with Gasteiger partial charge in [-0.2, -0.15) is 0 Å². The largest absolute Gasteiger partial charge is 0.507 e. The predicted molar refractivity (Wildman–Crippen MR) is 122 cm³/mol. The highest BCUT2D eigenvalue weighted by atomic mass is 16.5. The van der Waals surface area contributed by atoms with E-state index in [0.717, 1.165) is 0 Å². The van der Waals surface area contributed by atoms with E-state index in [-0.39, 0.29) is 11.3 Å². The van der Waals surface area contributed by atoms with E-state index in [1.165, 1.54) is 19.1 Å². The second-order valence-corrected chi connectivity index (χ2v) is 7.60. The van der Waals surface area contributed by atoms with Gasteiger partial charge in [-0.25, -0.2) is 4.98 Å². The maximum absolute atomic E-state index is 13.2. The van der Waals surface area contributed by atoms with Crippen molar-refractivity contribution in [3.63, 3.8) is 0 Å². The number of imidazole rings is 1. The van der Waals surface area contributed by atoms with Gasteiger partial charge in [0.1, 0.15) is 5.76 Å². The first-order chi connectivity index (χ1) is 16.1. The fraction of sp³-hybridized carbons (Fsp3) is 0.240. The zero-order valence-corrected chi connectivity index (χ0v) is 18.5. The number of para-hydroxylation sites is 1. The van der Waals surface area contributed by atoms with Gasteiger partial charge in [0.15, 0.2) is 11.5 Å². The van der Waals surface area contributed by atoms with Gasteiger partial charge in [-0.3, -0.25) is 9.59 Å². The first-order valence-corrected chi connectivity index (χ1v) is 10.6. The molecule has 8 heteroatoms. The zero-order chi connectivity index (χ0) is 23.4. The topological polar surface area (TPSA) is 93.9 Å². The first kappa shape index (κ1) is 22.1. The highest BCUT2D eigenvalue weighted by molar-refractivity contribution is 6.46. The molecule has 0 aliphatic carbocycles. The molecule has 4 rings (SSSR count). The number of methoxy groups -OCH3 is 2. The minimum absolute atomic E-state index is 0.0281. The second kappa shape index (κ2) is 9.60. The molecule has 0 spiro atoms. The quantitative estimate of drug-likeness (QED) is 0.323. The minimum Gasteiger partial charge on any atom is -0.507 e. The van der Waals surface area contributed by atoms with Crippen LogP contribution in [0.5, 0.6) is 11.5 Å². The summed E-state index contributed by atoms with van der Waals surface area (Å²) in [5, 5.41) is 11.1. The monoisotopic (exact) mass is 447 g/mol. The third-order valence-corrected chi connectivity index (χ3v) is 5.69. The first-order valence-electron chi connectivity index (χ1n) is 10.6. The van der Waals surface area contributed by atoms with Crippen molar-refractivity contribution in [2.24, 2.45) is 0 Å². The average molecular weight is 447 g/mol. The Morgan fingerprint density at radius 2 is 1.82 bits per heavy atom. The highest BCUT2D eigenvalue weighted by Crippen LogP contribution is 2.45. The molecule has 1 fully saturated rings. The Morgan fingerprint density at radius 1 is 1.03 bits per heavy atom. The maximum Gasteiger partial charge on any atom is 0.295 e. The lowest BCUT2D eigenvalue weighted by Gasteiger charge is -2.27. The molecule has 1 aliphatic rings. The Morgan fingerprint density at radius 3 is 2.48 bits per heavy atom. The summed E-state index contributed by atoms with van der Waals surface area (Å²) in [5.41, 5.74) is 1.05. The number of amides is 1. The average Bonchev–Trinajstić information content (AvgIpc) is 3.45. The van der Waals surface area contributed by atoms with Crippen molar-refractivity contribution in [2.75, 3.05) is 20.8 Å². The molecule has 8 nitrogen and oxygen atoms in total. The number of ketones is 1. The van der Waals surface area contributed by atoms with Gasteiger partial charge < -0.3 is 24.0 Å². The number of Topliss-reactive ketones (excluding diaryl/α,β-unsaturated/α-hetero) is 1. The van der Waals surface area contributed by atoms with Crippen LogP contribution in [0.4, 0.5) is 0 Å². The van der Waals surface area contributed by atoms with Crippen molar-refractivity contribution >= 4 is 17.4 Å². The van der Waals surface area contributed by atoms with Crippen LogP contribution in [0, 0.1) is 0 Å². The molecule has 1 N–H and O–H groups in total. The van der Waals surface area contributed by atoms with Crippen LogP contribution in [0.2, 0.25) is 0 Å². The van der Waals surface area contributed by atoms with Gasteiger partial charge >= 0.3 is 0 Å². The van der Waals surface area contributed by atoms with E-state index in [2.05, 4.69) is 4.98 Å². The van der Waals surface area contributed by atoms with Crippen LogP contribution in [0.25, 0.3) is 5.76 Å². The molecular formula is C25H25N3O5. The number of hydrogen-bond acceptors (Lipinski definition) is 6. The van der Waals surface area contributed by atoms with E-state index in [1.54, 1.807) is 55.0 Å². The molecule has 1 amide bonds.